The Hall–Kier alpha value is -2.95. The Morgan fingerprint density at radius 1 is 0.950 bits per heavy atom. The number of aromatic nitrogens is 4. The van der Waals surface area contributed by atoms with E-state index in [1.54, 1.807) is 33.7 Å². The Kier molecular flexibility index (Phi) is 2.20. The highest BCUT2D eigenvalue weighted by molar-refractivity contribution is 5.80. The van der Waals surface area contributed by atoms with Gasteiger partial charge in [0, 0.05) is 12.3 Å². The highest BCUT2D eigenvalue weighted by Gasteiger charge is 2.12. The lowest BCUT2D eigenvalue weighted by molar-refractivity contribution is 0.920. The monoisotopic (exact) mass is 262 g/mol. The van der Waals surface area contributed by atoms with Crippen molar-refractivity contribution in [1.29, 1.82) is 0 Å². The van der Waals surface area contributed by atoms with Crippen molar-refractivity contribution in [2.24, 2.45) is 0 Å². The summed E-state index contributed by atoms with van der Waals surface area (Å²) in [5.41, 5.74) is 2.19. The van der Waals surface area contributed by atoms with Gasteiger partial charge in [0.1, 0.15) is 5.65 Å². The number of para-hydroxylation sites is 1. The molecule has 5 heteroatoms. The van der Waals surface area contributed by atoms with Crippen LogP contribution in [0.3, 0.4) is 0 Å². The Labute approximate surface area is 113 Å². The van der Waals surface area contributed by atoms with Crippen LogP contribution in [0.2, 0.25) is 0 Å². The van der Waals surface area contributed by atoms with Gasteiger partial charge in [0.05, 0.1) is 29.0 Å². The topological polar surface area (TPSA) is 52.2 Å². The lowest BCUT2D eigenvalue weighted by atomic mass is 10.2. The largest absolute Gasteiger partial charge is 0.268 e. The quantitative estimate of drug-likeness (QED) is 0.527. The lowest BCUT2D eigenvalue weighted by Gasteiger charge is -2.10. The molecule has 0 spiro atoms. The van der Waals surface area contributed by atoms with Crippen LogP contribution in [0, 0.1) is 0 Å². The second kappa shape index (κ2) is 4.03. The zero-order chi connectivity index (χ0) is 13.5. The van der Waals surface area contributed by atoms with E-state index < -0.39 is 0 Å². The molecule has 3 aromatic heterocycles. The lowest BCUT2D eigenvalue weighted by Crippen LogP contribution is -2.21. The van der Waals surface area contributed by atoms with Crippen molar-refractivity contribution in [2.45, 2.75) is 0 Å². The molecule has 5 nitrogen and oxygen atoms in total. The van der Waals surface area contributed by atoms with E-state index in [-0.39, 0.29) is 5.56 Å². The van der Waals surface area contributed by atoms with Gasteiger partial charge in [0.25, 0.3) is 5.56 Å². The van der Waals surface area contributed by atoms with E-state index in [1.807, 2.05) is 36.4 Å². The molecule has 4 aromatic rings. The smallest absolute Gasteiger partial charge is 0.266 e. The zero-order valence-corrected chi connectivity index (χ0v) is 10.5. The molecule has 0 bridgehead atoms. The van der Waals surface area contributed by atoms with Crippen molar-refractivity contribution in [3.8, 4) is 5.69 Å². The third kappa shape index (κ3) is 1.40. The molecule has 0 radical (unpaired) electrons. The minimum absolute atomic E-state index is 0.0680. The van der Waals surface area contributed by atoms with E-state index in [1.165, 1.54) is 0 Å². The summed E-state index contributed by atoms with van der Waals surface area (Å²) in [4.78, 5) is 16.8. The molecule has 3 heterocycles. The van der Waals surface area contributed by atoms with Crippen molar-refractivity contribution in [2.75, 3.05) is 0 Å². The molecule has 0 saturated heterocycles. The second-order valence-electron chi connectivity index (χ2n) is 4.47. The number of fused-ring (bicyclic) bond motifs is 3. The maximum atomic E-state index is 12.7. The summed E-state index contributed by atoms with van der Waals surface area (Å²) in [6, 6.07) is 13.1. The molecular formula is C15H10N4O. The van der Waals surface area contributed by atoms with Gasteiger partial charge in [0.15, 0.2) is 0 Å². The van der Waals surface area contributed by atoms with Crippen molar-refractivity contribution in [1.82, 2.24) is 19.2 Å². The number of pyridine rings is 1. The van der Waals surface area contributed by atoms with Gasteiger partial charge in [-0.3, -0.25) is 14.3 Å². The molecule has 0 atom stereocenters. The molecule has 0 fully saturated rings. The van der Waals surface area contributed by atoms with Crippen LogP contribution in [-0.2, 0) is 0 Å². The highest BCUT2D eigenvalue weighted by atomic mass is 16.1. The average Bonchev–Trinajstić information content (AvgIpc) is 2.98. The molecular weight excluding hydrogens is 252 g/mol. The predicted octanol–water partition coefficient (Wildman–Crippen LogP) is 2.03. The molecule has 0 aliphatic carbocycles. The second-order valence-corrected chi connectivity index (χ2v) is 4.47. The summed E-state index contributed by atoms with van der Waals surface area (Å²) in [6.45, 7) is 0. The highest BCUT2D eigenvalue weighted by Crippen LogP contribution is 2.15. The van der Waals surface area contributed by atoms with Crippen molar-refractivity contribution in [3.63, 3.8) is 0 Å². The normalized spacial score (nSPS) is 11.2. The summed E-state index contributed by atoms with van der Waals surface area (Å²) in [6.07, 6.45) is 4.96. The van der Waals surface area contributed by atoms with Gasteiger partial charge < -0.3 is 0 Å². The van der Waals surface area contributed by atoms with Crippen LogP contribution in [0.25, 0.3) is 22.2 Å². The SMILES string of the molecule is O=c1c2ccncc2n2nccc2n1-c1ccccc1. The third-order valence-electron chi connectivity index (χ3n) is 3.33. The maximum absolute atomic E-state index is 12.7. The number of rotatable bonds is 1. The van der Waals surface area contributed by atoms with Crippen molar-refractivity contribution < 1.29 is 0 Å². The molecule has 0 aliphatic rings. The molecule has 0 unspecified atom stereocenters. The van der Waals surface area contributed by atoms with Crippen LogP contribution in [0.4, 0.5) is 0 Å². The van der Waals surface area contributed by atoms with E-state index in [0.717, 1.165) is 11.3 Å². The van der Waals surface area contributed by atoms with Crippen LogP contribution in [0.15, 0.2) is 65.8 Å². The fourth-order valence-corrected chi connectivity index (χ4v) is 2.44. The molecule has 4 rings (SSSR count). The summed E-state index contributed by atoms with van der Waals surface area (Å²) in [5, 5.41) is 4.89. The van der Waals surface area contributed by atoms with E-state index in [4.69, 9.17) is 0 Å². The Morgan fingerprint density at radius 3 is 2.65 bits per heavy atom. The van der Waals surface area contributed by atoms with Gasteiger partial charge in [-0.1, -0.05) is 18.2 Å². The molecule has 0 saturated carbocycles. The van der Waals surface area contributed by atoms with Gasteiger partial charge in [-0.15, -0.1) is 0 Å². The summed E-state index contributed by atoms with van der Waals surface area (Å²) >= 11 is 0. The fourth-order valence-electron chi connectivity index (χ4n) is 2.44. The van der Waals surface area contributed by atoms with E-state index >= 15 is 0 Å². The first-order valence-electron chi connectivity index (χ1n) is 6.24. The van der Waals surface area contributed by atoms with Gasteiger partial charge in [-0.2, -0.15) is 5.10 Å². The third-order valence-corrected chi connectivity index (χ3v) is 3.33. The molecule has 0 aliphatic heterocycles. The molecule has 0 amide bonds. The minimum Gasteiger partial charge on any atom is -0.268 e. The van der Waals surface area contributed by atoms with Crippen LogP contribution in [0.1, 0.15) is 0 Å². The Bertz CT molecular complexity index is 969. The number of nitrogens with zero attached hydrogens (tertiary/aromatic N) is 4. The number of hydrogen-bond donors (Lipinski definition) is 0. The first kappa shape index (κ1) is 10.9. The van der Waals surface area contributed by atoms with Crippen LogP contribution in [-0.4, -0.2) is 19.2 Å². The molecule has 96 valence electrons. The number of benzene rings is 1. The predicted molar refractivity (Wildman–Crippen MR) is 76.1 cm³/mol. The zero-order valence-electron chi connectivity index (χ0n) is 10.5. The van der Waals surface area contributed by atoms with Gasteiger partial charge >= 0.3 is 0 Å². The summed E-state index contributed by atoms with van der Waals surface area (Å²) in [5.74, 6) is 0. The van der Waals surface area contributed by atoms with Crippen LogP contribution in [0.5, 0.6) is 0 Å². The Balaban J connectivity index is 2.27. The van der Waals surface area contributed by atoms with Crippen molar-refractivity contribution in [3.05, 3.63) is 71.4 Å². The van der Waals surface area contributed by atoms with Crippen LogP contribution < -0.4 is 5.56 Å². The average molecular weight is 262 g/mol. The van der Waals surface area contributed by atoms with Gasteiger partial charge in [0.2, 0.25) is 0 Å². The fraction of sp³-hybridized carbons (Fsp3) is 0. The van der Waals surface area contributed by atoms with Gasteiger partial charge in [-0.05, 0) is 18.2 Å². The van der Waals surface area contributed by atoms with Gasteiger partial charge in [-0.25, -0.2) is 4.52 Å². The van der Waals surface area contributed by atoms with E-state index in [2.05, 4.69) is 10.1 Å². The Morgan fingerprint density at radius 2 is 1.80 bits per heavy atom. The summed E-state index contributed by atoms with van der Waals surface area (Å²) in [7, 11) is 0. The van der Waals surface area contributed by atoms with Crippen molar-refractivity contribution >= 4 is 16.6 Å². The van der Waals surface area contributed by atoms with E-state index in [9.17, 15) is 4.79 Å². The molecule has 0 N–H and O–H groups in total. The first-order valence-corrected chi connectivity index (χ1v) is 6.24. The maximum Gasteiger partial charge on any atom is 0.266 e. The first-order chi connectivity index (χ1) is 9.86. The molecule has 1 aromatic carbocycles. The van der Waals surface area contributed by atoms with E-state index in [0.29, 0.717) is 10.9 Å². The number of hydrogen-bond acceptors (Lipinski definition) is 3. The summed E-state index contributed by atoms with van der Waals surface area (Å²) < 4.78 is 3.39. The van der Waals surface area contributed by atoms with Crippen LogP contribution >= 0.6 is 0 Å². The molecule has 20 heavy (non-hydrogen) atoms. The minimum atomic E-state index is -0.0680. The standard InChI is InChI=1S/C15H10N4O/c20-15-12-6-8-16-10-13(12)19-14(7-9-17-19)18(15)11-4-2-1-3-5-11/h1-10H.